The Morgan fingerprint density at radius 1 is 0.667 bits per heavy atom. The Bertz CT molecular complexity index is 1930. The first-order valence-electron chi connectivity index (χ1n) is 15.4. The highest BCUT2D eigenvalue weighted by atomic mass is 127. The first-order valence-corrected chi connectivity index (χ1v) is 16.5. The smallest absolute Gasteiger partial charge is 0.423 e. The van der Waals surface area contributed by atoms with Crippen LogP contribution in [0.2, 0.25) is 0 Å². The lowest BCUT2D eigenvalue weighted by Gasteiger charge is -2.27. The number of nitrogen functional groups attached to an aromatic ring is 2. The van der Waals surface area contributed by atoms with Gasteiger partial charge < -0.3 is 50.8 Å². The minimum Gasteiger partial charge on any atom is -0.423 e. The van der Waals surface area contributed by atoms with Crippen molar-refractivity contribution in [2.45, 2.75) is 0 Å². The molecular weight excluding hydrogens is 726 g/mol. The molecule has 0 saturated carbocycles. The fourth-order valence-electron chi connectivity index (χ4n) is 5.36. The summed E-state index contributed by atoms with van der Waals surface area (Å²) in [5.41, 5.74) is 16.8. The van der Waals surface area contributed by atoms with Crippen molar-refractivity contribution in [3.63, 3.8) is 0 Å². The lowest BCUT2D eigenvalue weighted by molar-refractivity contribution is 0.122. The van der Waals surface area contributed by atoms with Gasteiger partial charge in [0.1, 0.15) is 35.6 Å². The predicted molar refractivity (Wildman–Crippen MR) is 197 cm³/mol. The molecule has 8 N–H and O–H groups in total. The van der Waals surface area contributed by atoms with Crippen molar-refractivity contribution in [2.75, 3.05) is 73.9 Å². The zero-order chi connectivity index (χ0) is 33.5. The van der Waals surface area contributed by atoms with Crippen LogP contribution < -0.4 is 26.7 Å². The molecule has 14 nitrogen and oxygen atoms in total. The number of ether oxygens (including phenoxy) is 2. The number of hydrogen-bond donors (Lipinski definition) is 6. The zero-order valence-electron chi connectivity index (χ0n) is 26.1. The van der Waals surface area contributed by atoms with Gasteiger partial charge in [-0.15, -0.1) is 0 Å². The van der Waals surface area contributed by atoms with E-state index in [1.807, 2.05) is 24.3 Å². The lowest BCUT2D eigenvalue weighted by atomic mass is 9.80. The van der Waals surface area contributed by atoms with E-state index in [0.29, 0.717) is 11.2 Å². The summed E-state index contributed by atoms with van der Waals surface area (Å²) in [6.07, 6.45) is 3.22. The van der Waals surface area contributed by atoms with E-state index in [1.54, 1.807) is 36.9 Å². The average molecular weight is 762 g/mol. The number of morpholine rings is 2. The molecule has 2 saturated heterocycles. The van der Waals surface area contributed by atoms with Crippen molar-refractivity contribution >= 4 is 80.2 Å². The van der Waals surface area contributed by atoms with Gasteiger partial charge in [0.05, 0.1) is 40.9 Å². The van der Waals surface area contributed by atoms with E-state index in [9.17, 15) is 0 Å². The molecular formula is C32H36BIN10O4. The van der Waals surface area contributed by atoms with Gasteiger partial charge in [-0.3, -0.25) is 0 Å². The number of benzene rings is 2. The summed E-state index contributed by atoms with van der Waals surface area (Å²) in [4.78, 5) is 28.5. The number of nitrogens with zero attached hydrogens (tertiary/aromatic N) is 6. The minimum absolute atomic E-state index is 0.453. The molecule has 6 aromatic rings. The molecule has 8 rings (SSSR count). The van der Waals surface area contributed by atoms with Gasteiger partial charge in [-0.1, -0.05) is 24.3 Å². The highest BCUT2D eigenvalue weighted by molar-refractivity contribution is 14.1. The fourth-order valence-corrected chi connectivity index (χ4v) is 5.93. The fraction of sp³-hybridized carbons (Fsp3) is 0.250. The van der Waals surface area contributed by atoms with Gasteiger partial charge in [0, 0.05) is 43.2 Å². The Morgan fingerprint density at radius 3 is 1.67 bits per heavy atom. The second-order valence-corrected chi connectivity index (χ2v) is 12.2. The Morgan fingerprint density at radius 2 is 1.15 bits per heavy atom. The molecule has 0 aliphatic carbocycles. The Hall–Kier alpha value is -4.49. The third kappa shape index (κ3) is 8.14. The SMILES string of the molecule is Ic1cc2c(N3CCOCC3)ncnc2[nH]1.Nc1ccc(-c2cc3c(N4CCOCC4)ncnc3[nH]2)cc1.Nc1ccc(B(O)O)cc1. The maximum absolute atomic E-state index is 8.63. The molecule has 0 atom stereocenters. The van der Waals surface area contributed by atoms with Crippen molar-refractivity contribution < 1.29 is 19.5 Å². The molecule has 0 spiro atoms. The van der Waals surface area contributed by atoms with Crippen LogP contribution in [0.25, 0.3) is 33.3 Å². The summed E-state index contributed by atoms with van der Waals surface area (Å²) in [7, 11) is -1.40. The summed E-state index contributed by atoms with van der Waals surface area (Å²) in [5, 5.41) is 19.4. The highest BCUT2D eigenvalue weighted by Gasteiger charge is 2.18. The van der Waals surface area contributed by atoms with Crippen molar-refractivity contribution in [3.8, 4) is 11.3 Å². The second kappa shape index (κ2) is 15.6. The topological polar surface area (TPSA) is 201 Å². The molecule has 48 heavy (non-hydrogen) atoms. The number of aromatic nitrogens is 6. The van der Waals surface area contributed by atoms with E-state index < -0.39 is 7.12 Å². The maximum atomic E-state index is 8.63. The number of rotatable bonds is 4. The zero-order valence-corrected chi connectivity index (χ0v) is 28.2. The van der Waals surface area contributed by atoms with Crippen LogP contribution in [0, 0.1) is 3.70 Å². The molecule has 16 heteroatoms. The number of aromatic amines is 2. The van der Waals surface area contributed by atoms with Crippen molar-refractivity contribution in [1.29, 1.82) is 0 Å². The van der Waals surface area contributed by atoms with Crippen LogP contribution in [0.5, 0.6) is 0 Å². The second-order valence-electron chi connectivity index (χ2n) is 11.1. The molecule has 2 aliphatic rings. The third-order valence-corrected chi connectivity index (χ3v) is 8.44. The Labute approximate surface area is 290 Å². The first kappa shape index (κ1) is 33.4. The summed E-state index contributed by atoms with van der Waals surface area (Å²) in [6.45, 7) is 6.52. The standard InChI is InChI=1S/C16H17N5O.C10H11IN4O.C6H8BNO2/c17-12-3-1-11(2-4-12)14-9-13-15(20-14)18-10-19-16(13)21-5-7-22-8-6-21;11-8-5-7-9(14-8)12-6-13-10(7)15-1-3-16-4-2-15;8-6-3-1-5(2-4-6)7(9)10/h1-4,9-10H,5-8,17H2,(H,18,19,20);5-6H,1-4H2,(H,12,13,14);1-4,9-10H,8H2. The quantitative estimate of drug-likeness (QED) is 0.0872. The van der Waals surface area contributed by atoms with Gasteiger partial charge in [-0.2, -0.15) is 0 Å². The van der Waals surface area contributed by atoms with Crippen molar-refractivity contribution in [2.24, 2.45) is 0 Å². The summed E-state index contributed by atoms with van der Waals surface area (Å²) < 4.78 is 11.8. The van der Waals surface area contributed by atoms with Gasteiger partial charge in [0.2, 0.25) is 0 Å². The number of nitrogens with one attached hydrogen (secondary N) is 2. The van der Waals surface area contributed by atoms with Crippen LogP contribution in [0.4, 0.5) is 23.0 Å². The number of anilines is 4. The van der Waals surface area contributed by atoms with Crippen molar-refractivity contribution in [3.05, 3.63) is 77.0 Å². The first-order chi connectivity index (χ1) is 23.4. The molecule has 6 heterocycles. The number of fused-ring (bicyclic) bond motifs is 2. The molecule has 0 amide bonds. The number of halogens is 1. The molecule has 2 fully saturated rings. The molecule has 0 unspecified atom stereocenters. The predicted octanol–water partition coefficient (Wildman–Crippen LogP) is 2.39. The average Bonchev–Trinajstić information content (AvgIpc) is 3.73. The van der Waals surface area contributed by atoms with E-state index in [2.05, 4.69) is 74.4 Å². The third-order valence-electron chi connectivity index (χ3n) is 7.85. The van der Waals surface area contributed by atoms with E-state index in [0.717, 1.165) is 107 Å². The van der Waals surface area contributed by atoms with Crippen LogP contribution in [-0.2, 0) is 9.47 Å². The van der Waals surface area contributed by atoms with Gasteiger partial charge in [-0.05, 0) is 70.0 Å². The number of hydrogen-bond acceptors (Lipinski definition) is 12. The molecule has 0 bridgehead atoms. The highest BCUT2D eigenvalue weighted by Crippen LogP contribution is 2.29. The molecule has 248 valence electrons. The Balaban J connectivity index is 0.000000135. The minimum atomic E-state index is -1.40. The largest absolute Gasteiger partial charge is 0.488 e. The van der Waals surface area contributed by atoms with Crippen LogP contribution >= 0.6 is 22.6 Å². The van der Waals surface area contributed by atoms with Crippen LogP contribution in [-0.4, -0.2) is 99.7 Å². The van der Waals surface area contributed by atoms with E-state index in [4.69, 9.17) is 31.0 Å². The molecule has 4 aromatic heterocycles. The summed E-state index contributed by atoms with van der Waals surface area (Å²) in [6, 6.07) is 18.4. The number of H-pyrrole nitrogens is 2. The summed E-state index contributed by atoms with van der Waals surface area (Å²) >= 11 is 2.25. The van der Waals surface area contributed by atoms with Crippen molar-refractivity contribution in [1.82, 2.24) is 29.9 Å². The molecule has 2 aliphatic heterocycles. The van der Waals surface area contributed by atoms with Gasteiger partial charge >= 0.3 is 7.12 Å². The van der Waals surface area contributed by atoms with Gasteiger partial charge in [-0.25, -0.2) is 19.9 Å². The van der Waals surface area contributed by atoms with Crippen LogP contribution in [0.3, 0.4) is 0 Å². The van der Waals surface area contributed by atoms with E-state index in [-0.39, 0.29) is 0 Å². The van der Waals surface area contributed by atoms with Gasteiger partial charge in [0.25, 0.3) is 0 Å². The van der Waals surface area contributed by atoms with E-state index in [1.165, 1.54) is 0 Å². The Kier molecular flexibility index (Phi) is 10.9. The maximum Gasteiger partial charge on any atom is 0.488 e. The number of nitrogens with two attached hydrogens (primary N) is 2. The van der Waals surface area contributed by atoms with Crippen LogP contribution in [0.1, 0.15) is 0 Å². The summed E-state index contributed by atoms with van der Waals surface area (Å²) in [5.74, 6) is 1.97. The van der Waals surface area contributed by atoms with Crippen LogP contribution in [0.15, 0.2) is 73.3 Å². The molecule has 0 radical (unpaired) electrons. The lowest BCUT2D eigenvalue weighted by Crippen LogP contribution is -2.36. The normalized spacial score (nSPS) is 14.6. The van der Waals surface area contributed by atoms with E-state index >= 15 is 0 Å². The van der Waals surface area contributed by atoms with Gasteiger partial charge in [0.15, 0.2) is 0 Å². The molecule has 2 aromatic carbocycles. The monoisotopic (exact) mass is 762 g/mol.